The highest BCUT2D eigenvalue weighted by atomic mass is 32.1. The molecule has 1 aromatic heterocycles. The maximum atomic E-state index is 8.50. The van der Waals surface area contributed by atoms with Gasteiger partial charge in [-0.25, -0.2) is 22.5 Å². The first kappa shape index (κ1) is 33.9. The Morgan fingerprint density at radius 3 is 1.84 bits per heavy atom. The summed E-state index contributed by atoms with van der Waals surface area (Å²) in [5.41, 5.74) is 9.25. The Kier molecular flexibility index (Phi) is 10.8. The monoisotopic (exact) mass is 663 g/mol. The number of amidine groups is 2. The molecule has 8 aromatic rings. The molecule has 0 unspecified atom stereocenters. The molecule has 0 spiro atoms. The number of fused-ring (bicyclic) bond motifs is 4. The van der Waals surface area contributed by atoms with Gasteiger partial charge < -0.3 is 4.42 Å². The highest BCUT2D eigenvalue weighted by molar-refractivity contribution is 8.03. The van der Waals surface area contributed by atoms with Gasteiger partial charge in [-0.05, 0) is 70.4 Å². The van der Waals surface area contributed by atoms with Crippen LogP contribution in [0.5, 0.6) is 0 Å². The standard InChI is InChI=1S/C31H23N3.C13H10O.BHS/c1-33-31(27-18-13-24(14-19-27)22-7-3-2-4-8-22)34-30(32)26-16-11-25(12-17-26)29-20-15-23-9-5-6-10-28(23)21-29;1-9-6-7-11-10-4-2-3-5-12(10)14-13(11)8-9;1-2/h2-21,32H,1H2;2-8H,1H3;2H. The average molecular weight is 664 g/mol. The lowest BCUT2D eigenvalue weighted by Crippen LogP contribution is -2.03. The maximum absolute atomic E-state index is 8.50. The fraction of sp³-hybridized carbons (Fsp3) is 0.0227. The molecule has 8 rings (SSSR count). The van der Waals surface area contributed by atoms with E-state index in [1.807, 2.05) is 91.0 Å². The molecule has 1 heterocycles. The van der Waals surface area contributed by atoms with E-state index in [0.29, 0.717) is 5.84 Å². The molecule has 1 N–H and O–H groups in total. The molecule has 2 radical (unpaired) electrons. The smallest absolute Gasteiger partial charge is 0.161 e. The second kappa shape index (κ2) is 15.9. The molecule has 0 saturated heterocycles. The number of aliphatic imine (C=N–C) groups is 2. The Bertz CT molecular complexity index is 2430. The quantitative estimate of drug-likeness (QED) is 0.0837. The van der Waals surface area contributed by atoms with E-state index in [4.69, 9.17) is 9.83 Å². The van der Waals surface area contributed by atoms with Crippen LogP contribution in [0.2, 0.25) is 0 Å². The van der Waals surface area contributed by atoms with Crippen LogP contribution in [0.3, 0.4) is 0 Å². The summed E-state index contributed by atoms with van der Waals surface area (Å²) in [4.78, 5) is 8.53. The number of para-hydroxylation sites is 1. The highest BCUT2D eigenvalue weighted by Gasteiger charge is 2.08. The van der Waals surface area contributed by atoms with E-state index in [1.54, 1.807) is 0 Å². The molecular formula is C44H34BN3OS. The van der Waals surface area contributed by atoms with E-state index in [-0.39, 0.29) is 5.84 Å². The Morgan fingerprint density at radius 2 is 1.12 bits per heavy atom. The number of aryl methyl sites for hydroxylation is 1. The van der Waals surface area contributed by atoms with Gasteiger partial charge in [0.1, 0.15) is 11.2 Å². The molecule has 0 aliphatic heterocycles. The van der Waals surface area contributed by atoms with Gasteiger partial charge in [-0.3, -0.25) is 5.41 Å². The topological polar surface area (TPSA) is 61.7 Å². The number of nitrogens with zero attached hydrogens (tertiary/aromatic N) is 2. The minimum atomic E-state index is 0.152. The molecule has 7 aromatic carbocycles. The average Bonchev–Trinajstić information content (AvgIpc) is 3.56. The van der Waals surface area contributed by atoms with Gasteiger partial charge in [0, 0.05) is 21.9 Å². The number of benzene rings is 7. The van der Waals surface area contributed by atoms with Crippen molar-refractivity contribution in [1.29, 1.82) is 5.41 Å². The summed E-state index contributed by atoms with van der Waals surface area (Å²) in [7, 11) is 4.19. The van der Waals surface area contributed by atoms with Gasteiger partial charge in [-0.15, -0.1) is 0 Å². The van der Waals surface area contributed by atoms with Crippen molar-refractivity contribution in [2.75, 3.05) is 0 Å². The zero-order valence-corrected chi connectivity index (χ0v) is 28.5. The van der Waals surface area contributed by atoms with Gasteiger partial charge in [0.05, 0.1) is 0 Å². The van der Waals surface area contributed by atoms with Crippen LogP contribution >= 0.6 is 12.5 Å². The normalized spacial score (nSPS) is 11.0. The van der Waals surface area contributed by atoms with Crippen LogP contribution in [0.25, 0.3) is 55.0 Å². The third-order valence-corrected chi connectivity index (χ3v) is 8.39. The summed E-state index contributed by atoms with van der Waals surface area (Å²) in [6, 6.07) is 55.3. The van der Waals surface area contributed by atoms with E-state index in [2.05, 4.69) is 116 Å². The first-order chi connectivity index (χ1) is 24.6. The van der Waals surface area contributed by atoms with E-state index in [0.717, 1.165) is 44.5 Å². The Labute approximate surface area is 299 Å². The molecule has 0 fully saturated rings. The molecule has 0 amide bonds. The molecule has 0 atom stereocenters. The third kappa shape index (κ3) is 7.67. The Morgan fingerprint density at radius 1 is 0.560 bits per heavy atom. The Hall–Kier alpha value is -5.98. The van der Waals surface area contributed by atoms with Crippen molar-refractivity contribution in [3.63, 3.8) is 0 Å². The second-order valence-corrected chi connectivity index (χ2v) is 11.6. The van der Waals surface area contributed by atoms with E-state index in [9.17, 15) is 0 Å². The minimum absolute atomic E-state index is 0.152. The second-order valence-electron chi connectivity index (χ2n) is 11.6. The number of thiol groups is 1. The summed E-state index contributed by atoms with van der Waals surface area (Å²) in [5.74, 6) is 0.586. The lowest BCUT2D eigenvalue weighted by Gasteiger charge is -2.07. The number of rotatable bonds is 4. The molecule has 6 heteroatoms. The Balaban J connectivity index is 0.000000223. The van der Waals surface area contributed by atoms with Crippen LogP contribution in [-0.2, 0) is 0 Å². The predicted octanol–water partition coefficient (Wildman–Crippen LogP) is 11.5. The van der Waals surface area contributed by atoms with E-state index in [1.165, 1.54) is 27.1 Å². The summed E-state index contributed by atoms with van der Waals surface area (Å²) < 4.78 is 5.73. The van der Waals surface area contributed by atoms with Crippen LogP contribution in [-0.4, -0.2) is 25.5 Å². The zero-order chi connectivity index (χ0) is 34.9. The third-order valence-electron chi connectivity index (χ3n) is 8.39. The van der Waals surface area contributed by atoms with Crippen molar-refractivity contribution < 1.29 is 4.42 Å². The summed E-state index contributed by atoms with van der Waals surface area (Å²) in [6.07, 6.45) is 0. The molecule has 0 bridgehead atoms. The van der Waals surface area contributed by atoms with Crippen molar-refractivity contribution >= 4 is 70.7 Å². The van der Waals surface area contributed by atoms with Gasteiger partial charge in [-0.2, -0.15) is 0 Å². The van der Waals surface area contributed by atoms with Crippen LogP contribution < -0.4 is 0 Å². The summed E-state index contributed by atoms with van der Waals surface area (Å²) >= 11 is 3.03. The van der Waals surface area contributed by atoms with Crippen LogP contribution in [0, 0.1) is 12.3 Å². The van der Waals surface area contributed by atoms with Gasteiger partial charge in [0.15, 0.2) is 18.8 Å². The lowest BCUT2D eigenvalue weighted by molar-refractivity contribution is 0.668. The molecule has 0 aliphatic rings. The van der Waals surface area contributed by atoms with Crippen molar-refractivity contribution in [3.05, 3.63) is 180 Å². The van der Waals surface area contributed by atoms with Crippen LogP contribution in [0.15, 0.2) is 178 Å². The SMILES string of the molecule is C=NC(=NC(=N)c1ccc(-c2ccc3ccccc3c2)cc1)c1ccc(-c2ccccc2)cc1.Cc1ccc2c(c1)oc1ccccc12.[B]S. The molecule has 0 saturated carbocycles. The summed E-state index contributed by atoms with van der Waals surface area (Å²) in [6.45, 7) is 5.74. The van der Waals surface area contributed by atoms with E-state index < -0.39 is 0 Å². The number of nitrogens with one attached hydrogen (secondary N) is 1. The molecule has 50 heavy (non-hydrogen) atoms. The maximum Gasteiger partial charge on any atom is 0.161 e. The number of hydrogen-bond acceptors (Lipinski definition) is 3. The van der Waals surface area contributed by atoms with Crippen molar-refractivity contribution in [2.45, 2.75) is 6.92 Å². The van der Waals surface area contributed by atoms with Gasteiger partial charge in [0.2, 0.25) is 0 Å². The zero-order valence-electron chi connectivity index (χ0n) is 27.6. The fourth-order valence-corrected chi connectivity index (χ4v) is 5.83. The molecule has 0 aliphatic carbocycles. The van der Waals surface area contributed by atoms with Crippen molar-refractivity contribution in [3.8, 4) is 22.3 Å². The number of furan rings is 1. The number of hydrogen-bond donors (Lipinski definition) is 2. The predicted molar refractivity (Wildman–Crippen MR) is 217 cm³/mol. The first-order valence-electron chi connectivity index (χ1n) is 16.1. The lowest BCUT2D eigenvalue weighted by atomic mass is 10.00. The molecule has 4 nitrogen and oxygen atoms in total. The van der Waals surface area contributed by atoms with Crippen LogP contribution in [0.1, 0.15) is 16.7 Å². The van der Waals surface area contributed by atoms with Gasteiger partial charge >= 0.3 is 0 Å². The van der Waals surface area contributed by atoms with Crippen LogP contribution in [0.4, 0.5) is 0 Å². The van der Waals surface area contributed by atoms with Crippen molar-refractivity contribution in [2.24, 2.45) is 9.98 Å². The molecule has 240 valence electrons. The highest BCUT2D eigenvalue weighted by Crippen LogP contribution is 2.29. The minimum Gasteiger partial charge on any atom is -0.456 e. The van der Waals surface area contributed by atoms with Crippen molar-refractivity contribution in [1.82, 2.24) is 0 Å². The van der Waals surface area contributed by atoms with E-state index >= 15 is 0 Å². The summed E-state index contributed by atoms with van der Waals surface area (Å²) in [5, 5.41) is 13.3. The molecular weight excluding hydrogens is 629 g/mol. The largest absolute Gasteiger partial charge is 0.456 e. The van der Waals surface area contributed by atoms with Gasteiger partial charge in [0.25, 0.3) is 0 Å². The van der Waals surface area contributed by atoms with Gasteiger partial charge in [-0.1, -0.05) is 146 Å². The first-order valence-corrected chi connectivity index (χ1v) is 16.6. The fourth-order valence-electron chi connectivity index (χ4n) is 5.83.